The van der Waals surface area contributed by atoms with E-state index in [9.17, 15) is 4.79 Å². The molecule has 24 heavy (non-hydrogen) atoms. The van der Waals surface area contributed by atoms with Crippen molar-refractivity contribution in [2.45, 2.75) is 48.0 Å². The van der Waals surface area contributed by atoms with Crippen LogP contribution in [-0.4, -0.2) is 12.6 Å². The molecule has 1 aliphatic rings. The second-order valence-electron chi connectivity index (χ2n) is 6.83. The fraction of sp³-hybridized carbons (Fsp3) is 0.409. The first-order chi connectivity index (χ1) is 11.3. The molecule has 0 aromatic heterocycles. The quantitative estimate of drug-likeness (QED) is 0.347. The van der Waals surface area contributed by atoms with Crippen LogP contribution in [0.5, 0.6) is 0 Å². The normalized spacial score (nSPS) is 18.8. The molecule has 0 aliphatic heterocycles. The Morgan fingerprint density at radius 2 is 1.96 bits per heavy atom. The van der Waals surface area contributed by atoms with Gasteiger partial charge in [-0.1, -0.05) is 62.0 Å². The van der Waals surface area contributed by atoms with Crippen LogP contribution in [0.15, 0.2) is 70.9 Å². The first kappa shape index (κ1) is 20.0. The number of carbonyl (C=O) groups is 1. The van der Waals surface area contributed by atoms with Crippen LogP contribution in [0.2, 0.25) is 0 Å². The molecule has 0 radical (unpaired) electrons. The van der Waals surface area contributed by atoms with Crippen LogP contribution in [0, 0.1) is 5.41 Å². The van der Waals surface area contributed by atoms with E-state index in [1.54, 1.807) is 6.92 Å². The molecular weight excluding hydrogens is 296 g/mol. The van der Waals surface area contributed by atoms with Gasteiger partial charge in [-0.2, -0.15) is 0 Å². The van der Waals surface area contributed by atoms with Crippen molar-refractivity contribution in [1.82, 2.24) is 0 Å². The maximum Gasteiger partial charge on any atom is 0.330 e. The van der Waals surface area contributed by atoms with E-state index in [0.717, 1.165) is 12.0 Å². The van der Waals surface area contributed by atoms with E-state index in [1.807, 2.05) is 25.2 Å². The third kappa shape index (κ3) is 6.57. The van der Waals surface area contributed by atoms with Crippen LogP contribution >= 0.6 is 0 Å². The Bertz CT molecular complexity index is 635. The number of carbonyl (C=O) groups excluding carboxylic acids is 1. The van der Waals surface area contributed by atoms with Crippen LogP contribution in [0.25, 0.3) is 0 Å². The fourth-order valence-corrected chi connectivity index (χ4v) is 2.66. The molecule has 2 heteroatoms. The van der Waals surface area contributed by atoms with Gasteiger partial charge in [0.1, 0.15) is 0 Å². The number of rotatable bonds is 6. The lowest BCUT2D eigenvalue weighted by Crippen LogP contribution is -2.16. The van der Waals surface area contributed by atoms with Crippen LogP contribution in [0.1, 0.15) is 48.0 Å². The number of esters is 1. The second kappa shape index (κ2) is 9.27. The van der Waals surface area contributed by atoms with E-state index in [1.165, 1.54) is 22.8 Å². The van der Waals surface area contributed by atoms with Gasteiger partial charge in [0.15, 0.2) is 0 Å². The summed E-state index contributed by atoms with van der Waals surface area (Å²) >= 11 is 0. The van der Waals surface area contributed by atoms with Gasteiger partial charge < -0.3 is 4.74 Å². The lowest BCUT2D eigenvalue weighted by Gasteiger charge is -2.29. The summed E-state index contributed by atoms with van der Waals surface area (Å²) in [6.45, 7) is 12.9. The topological polar surface area (TPSA) is 26.3 Å². The summed E-state index contributed by atoms with van der Waals surface area (Å²) in [7, 11) is 0. The van der Waals surface area contributed by atoms with Crippen molar-refractivity contribution in [1.29, 1.82) is 0 Å². The van der Waals surface area contributed by atoms with Crippen LogP contribution in [-0.2, 0) is 9.53 Å². The maximum absolute atomic E-state index is 11.4. The molecule has 2 nitrogen and oxygen atoms in total. The molecule has 130 valence electrons. The molecule has 0 aromatic rings. The Balaban J connectivity index is 2.75. The Morgan fingerprint density at radius 1 is 1.25 bits per heavy atom. The van der Waals surface area contributed by atoms with E-state index in [2.05, 4.69) is 52.0 Å². The van der Waals surface area contributed by atoms with Gasteiger partial charge in [0.2, 0.25) is 0 Å². The van der Waals surface area contributed by atoms with Crippen molar-refractivity contribution in [2.24, 2.45) is 5.41 Å². The van der Waals surface area contributed by atoms with E-state index >= 15 is 0 Å². The summed E-state index contributed by atoms with van der Waals surface area (Å²) < 4.78 is 4.89. The third-order valence-corrected chi connectivity index (χ3v) is 4.01. The standard InChI is InChI=1S/C22H30O2/c1-7-24-21(23)16-18(3)11-8-10-17(2)13-14-20-19(4)12-9-15-22(20,5)6/h8-14,16H,7,15H2,1-6H3/b11-8+,14-13+,17-10+,18-16+. The number of ether oxygens (including phenoxy) is 1. The van der Waals surface area contributed by atoms with Crippen molar-refractivity contribution in [3.63, 3.8) is 0 Å². The van der Waals surface area contributed by atoms with Gasteiger partial charge in [0, 0.05) is 6.08 Å². The van der Waals surface area contributed by atoms with Crippen molar-refractivity contribution < 1.29 is 9.53 Å². The van der Waals surface area contributed by atoms with Gasteiger partial charge >= 0.3 is 5.97 Å². The van der Waals surface area contributed by atoms with Gasteiger partial charge in [0.05, 0.1) is 6.61 Å². The summed E-state index contributed by atoms with van der Waals surface area (Å²) in [5.41, 5.74) is 4.95. The van der Waals surface area contributed by atoms with Crippen LogP contribution in [0.3, 0.4) is 0 Å². The minimum atomic E-state index is -0.296. The van der Waals surface area contributed by atoms with Gasteiger partial charge in [0.25, 0.3) is 0 Å². The van der Waals surface area contributed by atoms with E-state index in [-0.39, 0.29) is 11.4 Å². The molecule has 0 saturated carbocycles. The number of allylic oxidation sites excluding steroid dienone is 11. The zero-order valence-electron chi connectivity index (χ0n) is 15.8. The van der Waals surface area contributed by atoms with Crippen molar-refractivity contribution in [3.8, 4) is 0 Å². The minimum Gasteiger partial charge on any atom is -0.463 e. The average Bonchev–Trinajstić information content (AvgIpc) is 2.46. The van der Waals surface area contributed by atoms with E-state index in [4.69, 9.17) is 4.74 Å². The Hall–Kier alpha value is -2.09. The molecule has 0 atom stereocenters. The molecule has 0 amide bonds. The maximum atomic E-state index is 11.4. The first-order valence-electron chi connectivity index (χ1n) is 8.52. The second-order valence-corrected chi connectivity index (χ2v) is 6.83. The number of hydrogen-bond acceptors (Lipinski definition) is 2. The van der Waals surface area contributed by atoms with Gasteiger partial charge in [-0.25, -0.2) is 4.79 Å². The highest BCUT2D eigenvalue weighted by atomic mass is 16.5. The van der Waals surface area contributed by atoms with Crippen LogP contribution < -0.4 is 0 Å². The van der Waals surface area contributed by atoms with E-state index in [0.29, 0.717) is 6.61 Å². The zero-order chi connectivity index (χ0) is 18.2. The summed E-state index contributed by atoms with van der Waals surface area (Å²) in [6.07, 6.45) is 17.3. The summed E-state index contributed by atoms with van der Waals surface area (Å²) in [4.78, 5) is 11.4. The minimum absolute atomic E-state index is 0.185. The Morgan fingerprint density at radius 3 is 2.58 bits per heavy atom. The van der Waals surface area contributed by atoms with Crippen molar-refractivity contribution in [2.75, 3.05) is 6.61 Å². The highest BCUT2D eigenvalue weighted by molar-refractivity contribution is 5.83. The monoisotopic (exact) mass is 326 g/mol. The summed E-state index contributed by atoms with van der Waals surface area (Å²) in [5, 5.41) is 0. The largest absolute Gasteiger partial charge is 0.463 e. The lowest BCUT2D eigenvalue weighted by molar-refractivity contribution is -0.137. The Kier molecular flexibility index (Phi) is 7.70. The van der Waals surface area contributed by atoms with Crippen molar-refractivity contribution >= 4 is 5.97 Å². The number of hydrogen-bond donors (Lipinski definition) is 0. The van der Waals surface area contributed by atoms with Gasteiger partial charge in [-0.15, -0.1) is 0 Å². The molecule has 0 spiro atoms. The van der Waals surface area contributed by atoms with Crippen molar-refractivity contribution in [3.05, 3.63) is 70.9 Å². The third-order valence-electron chi connectivity index (χ3n) is 4.01. The molecule has 1 aliphatic carbocycles. The molecular formula is C22H30O2. The molecule has 0 aromatic carbocycles. The molecule has 0 heterocycles. The molecule has 0 fully saturated rings. The smallest absolute Gasteiger partial charge is 0.330 e. The lowest BCUT2D eigenvalue weighted by atomic mass is 9.75. The predicted molar refractivity (Wildman–Crippen MR) is 103 cm³/mol. The van der Waals surface area contributed by atoms with Crippen LogP contribution in [0.4, 0.5) is 0 Å². The highest BCUT2D eigenvalue weighted by Crippen LogP contribution is 2.37. The highest BCUT2D eigenvalue weighted by Gasteiger charge is 2.23. The van der Waals surface area contributed by atoms with Gasteiger partial charge in [-0.05, 0) is 56.3 Å². The Labute approximate surface area is 147 Å². The fourth-order valence-electron chi connectivity index (χ4n) is 2.66. The first-order valence-corrected chi connectivity index (χ1v) is 8.52. The molecule has 0 N–H and O–H groups in total. The molecule has 1 rings (SSSR count). The summed E-state index contributed by atoms with van der Waals surface area (Å²) in [6, 6.07) is 0. The predicted octanol–water partition coefficient (Wildman–Crippen LogP) is 5.86. The van der Waals surface area contributed by atoms with E-state index < -0.39 is 0 Å². The van der Waals surface area contributed by atoms with Gasteiger partial charge in [-0.3, -0.25) is 0 Å². The molecule has 0 bridgehead atoms. The SMILES string of the molecule is CCOC(=O)/C=C(C)/C=C/C=C(C)/C=C/C1=C(C)C=CCC1(C)C. The average molecular weight is 326 g/mol. The summed E-state index contributed by atoms with van der Waals surface area (Å²) in [5.74, 6) is -0.296. The molecule has 0 unspecified atom stereocenters. The zero-order valence-corrected chi connectivity index (χ0v) is 15.8. The molecule has 0 saturated heterocycles.